The third kappa shape index (κ3) is 5.62. The minimum Gasteiger partial charge on any atom is -0.468 e. The van der Waals surface area contributed by atoms with Crippen LogP contribution in [0.3, 0.4) is 0 Å². The van der Waals surface area contributed by atoms with E-state index in [0.29, 0.717) is 11.3 Å². The molecule has 146 valence electrons. The molecule has 0 amide bonds. The molecule has 27 heavy (non-hydrogen) atoms. The predicted octanol–water partition coefficient (Wildman–Crippen LogP) is 3.27. The number of benzene rings is 2. The molecule has 0 bridgehead atoms. The second-order valence-electron chi connectivity index (χ2n) is 5.72. The van der Waals surface area contributed by atoms with E-state index < -0.39 is 29.1 Å². The Hall–Kier alpha value is -2.23. The Labute approximate surface area is 159 Å². The molecular weight excluding hydrogens is 379 g/mol. The van der Waals surface area contributed by atoms with Crippen molar-refractivity contribution >= 4 is 23.6 Å². The number of carbonyl (C=O) groups excluding carboxylic acids is 1. The molecule has 0 saturated heterocycles. The van der Waals surface area contributed by atoms with Crippen molar-refractivity contribution in [3.05, 3.63) is 65.2 Å². The second-order valence-corrected chi connectivity index (χ2v) is 6.70. The quantitative estimate of drug-likeness (QED) is 0.287. The fourth-order valence-electron chi connectivity index (χ4n) is 2.50. The van der Waals surface area contributed by atoms with Crippen LogP contribution in [0.25, 0.3) is 0 Å². The molecule has 0 aliphatic heterocycles. The third-order valence-corrected chi connectivity index (χ3v) is 4.80. The highest BCUT2D eigenvalue weighted by Crippen LogP contribution is 2.33. The zero-order chi connectivity index (χ0) is 20.0. The van der Waals surface area contributed by atoms with E-state index >= 15 is 0 Å². The average molecular weight is 399 g/mol. The molecule has 2 aromatic rings. The SMILES string of the molecule is COC(=O)C(Cc1ccccc1C(F)(F)F)NSC(N)c1ccccc1N. The van der Waals surface area contributed by atoms with E-state index in [4.69, 9.17) is 16.2 Å². The highest BCUT2D eigenvalue weighted by Gasteiger charge is 2.34. The third-order valence-electron chi connectivity index (χ3n) is 3.87. The summed E-state index contributed by atoms with van der Waals surface area (Å²) in [5.41, 5.74) is 12.3. The molecule has 0 radical (unpaired) electrons. The number of rotatable bonds is 7. The maximum Gasteiger partial charge on any atom is 0.416 e. The minimum absolute atomic E-state index is 0.0127. The van der Waals surface area contributed by atoms with Gasteiger partial charge in [-0.15, -0.1) is 0 Å². The molecule has 5 N–H and O–H groups in total. The molecule has 2 unspecified atom stereocenters. The zero-order valence-corrected chi connectivity index (χ0v) is 15.3. The van der Waals surface area contributed by atoms with E-state index in [1.807, 2.05) is 0 Å². The zero-order valence-electron chi connectivity index (χ0n) is 14.5. The lowest BCUT2D eigenvalue weighted by atomic mass is 10.0. The number of methoxy groups -OCH3 is 1. The van der Waals surface area contributed by atoms with Crippen LogP contribution < -0.4 is 16.2 Å². The molecule has 5 nitrogen and oxygen atoms in total. The molecule has 2 aromatic carbocycles. The van der Waals surface area contributed by atoms with Crippen LogP contribution in [0.4, 0.5) is 18.9 Å². The lowest BCUT2D eigenvalue weighted by Crippen LogP contribution is -2.37. The first-order valence-electron chi connectivity index (χ1n) is 7.98. The molecule has 0 aliphatic rings. The Morgan fingerprint density at radius 3 is 2.44 bits per heavy atom. The van der Waals surface area contributed by atoms with Crippen molar-refractivity contribution in [3.63, 3.8) is 0 Å². The number of hydrogen-bond donors (Lipinski definition) is 3. The lowest BCUT2D eigenvalue weighted by Gasteiger charge is -2.21. The fraction of sp³-hybridized carbons (Fsp3) is 0.278. The Kier molecular flexibility index (Phi) is 7.11. The molecular formula is C18H20F3N3O2S. The van der Waals surface area contributed by atoms with Gasteiger partial charge in [-0.1, -0.05) is 48.3 Å². The van der Waals surface area contributed by atoms with E-state index in [-0.39, 0.29) is 12.0 Å². The smallest absolute Gasteiger partial charge is 0.416 e. The van der Waals surface area contributed by atoms with E-state index in [9.17, 15) is 18.0 Å². The Morgan fingerprint density at radius 1 is 1.19 bits per heavy atom. The Morgan fingerprint density at radius 2 is 1.81 bits per heavy atom. The molecule has 0 spiro atoms. The number of nitrogens with one attached hydrogen (secondary N) is 1. The molecule has 2 rings (SSSR count). The number of alkyl halides is 3. The first kappa shape index (κ1) is 21.1. The lowest BCUT2D eigenvalue weighted by molar-refractivity contribution is -0.143. The van der Waals surface area contributed by atoms with Gasteiger partial charge in [-0.2, -0.15) is 13.2 Å². The number of hydrogen-bond acceptors (Lipinski definition) is 6. The van der Waals surface area contributed by atoms with Gasteiger partial charge < -0.3 is 16.2 Å². The number of para-hydroxylation sites is 1. The van der Waals surface area contributed by atoms with Gasteiger partial charge in [-0.3, -0.25) is 4.79 Å². The molecule has 0 saturated carbocycles. The van der Waals surface area contributed by atoms with Gasteiger partial charge in [0.1, 0.15) is 6.04 Å². The van der Waals surface area contributed by atoms with Gasteiger partial charge in [0.05, 0.1) is 18.0 Å². The van der Waals surface area contributed by atoms with Gasteiger partial charge in [0.25, 0.3) is 0 Å². The maximum atomic E-state index is 13.2. The van der Waals surface area contributed by atoms with E-state index in [1.54, 1.807) is 24.3 Å². The molecule has 9 heteroatoms. The van der Waals surface area contributed by atoms with Gasteiger partial charge in [0, 0.05) is 11.3 Å². The van der Waals surface area contributed by atoms with Gasteiger partial charge in [0.2, 0.25) is 0 Å². The summed E-state index contributed by atoms with van der Waals surface area (Å²) < 4.78 is 47.1. The summed E-state index contributed by atoms with van der Waals surface area (Å²) in [6.07, 6.45) is -4.72. The van der Waals surface area contributed by atoms with Crippen LogP contribution in [-0.4, -0.2) is 19.1 Å². The summed E-state index contributed by atoms with van der Waals surface area (Å²) in [4.78, 5) is 12.0. The van der Waals surface area contributed by atoms with Crippen LogP contribution in [0.2, 0.25) is 0 Å². The standard InChI is InChI=1S/C18H20F3N3O2S/c1-26-17(25)15(10-11-6-2-4-8-13(11)18(19,20)21)24-27-16(23)12-7-3-5-9-14(12)22/h2-9,15-16,24H,10,22-23H2,1H3. The van der Waals surface area contributed by atoms with Crippen LogP contribution in [0.5, 0.6) is 0 Å². The second kappa shape index (κ2) is 9.12. The predicted molar refractivity (Wildman–Crippen MR) is 99.5 cm³/mol. The van der Waals surface area contributed by atoms with Crippen molar-refractivity contribution in [3.8, 4) is 0 Å². The first-order chi connectivity index (χ1) is 12.7. The van der Waals surface area contributed by atoms with Crippen LogP contribution in [-0.2, 0) is 22.1 Å². The maximum absolute atomic E-state index is 13.2. The van der Waals surface area contributed by atoms with Crippen LogP contribution in [0.15, 0.2) is 48.5 Å². The topological polar surface area (TPSA) is 90.4 Å². The monoisotopic (exact) mass is 399 g/mol. The summed E-state index contributed by atoms with van der Waals surface area (Å²) in [5.74, 6) is -0.687. The van der Waals surface area contributed by atoms with Crippen LogP contribution in [0.1, 0.15) is 22.1 Å². The van der Waals surface area contributed by atoms with Gasteiger partial charge in [0.15, 0.2) is 0 Å². The van der Waals surface area contributed by atoms with Crippen LogP contribution >= 0.6 is 11.9 Å². The summed E-state index contributed by atoms with van der Waals surface area (Å²) in [7, 11) is 1.17. The summed E-state index contributed by atoms with van der Waals surface area (Å²) in [5, 5.41) is -0.615. The molecule has 0 aromatic heterocycles. The highest BCUT2D eigenvalue weighted by molar-refractivity contribution is 7.97. The number of halogens is 3. The number of nitrogens with two attached hydrogens (primary N) is 2. The number of carbonyl (C=O) groups is 1. The number of nitrogen functional groups attached to an aromatic ring is 1. The number of esters is 1. The van der Waals surface area contributed by atoms with Crippen molar-refractivity contribution in [1.29, 1.82) is 0 Å². The number of anilines is 1. The summed E-state index contributed by atoms with van der Waals surface area (Å²) >= 11 is 0.994. The first-order valence-corrected chi connectivity index (χ1v) is 8.86. The van der Waals surface area contributed by atoms with Gasteiger partial charge >= 0.3 is 12.1 Å². The molecule has 2 atom stereocenters. The van der Waals surface area contributed by atoms with E-state index in [0.717, 1.165) is 18.0 Å². The van der Waals surface area contributed by atoms with Gasteiger partial charge in [-0.25, -0.2) is 4.72 Å². The van der Waals surface area contributed by atoms with Crippen molar-refractivity contribution in [2.75, 3.05) is 12.8 Å². The van der Waals surface area contributed by atoms with Crippen molar-refractivity contribution in [2.24, 2.45) is 5.73 Å². The van der Waals surface area contributed by atoms with Gasteiger partial charge in [-0.05, 0) is 24.1 Å². The van der Waals surface area contributed by atoms with Crippen molar-refractivity contribution in [2.45, 2.75) is 24.0 Å². The average Bonchev–Trinajstić information content (AvgIpc) is 2.64. The highest BCUT2D eigenvalue weighted by atomic mass is 32.2. The molecule has 0 fully saturated rings. The van der Waals surface area contributed by atoms with E-state index in [2.05, 4.69) is 4.72 Å². The number of ether oxygens (including phenoxy) is 1. The summed E-state index contributed by atoms with van der Waals surface area (Å²) in [6.45, 7) is 0. The fourth-order valence-corrected chi connectivity index (χ4v) is 3.33. The van der Waals surface area contributed by atoms with Crippen molar-refractivity contribution in [1.82, 2.24) is 4.72 Å². The van der Waals surface area contributed by atoms with Crippen LogP contribution in [0, 0.1) is 0 Å². The Bertz CT molecular complexity index is 786. The van der Waals surface area contributed by atoms with E-state index in [1.165, 1.54) is 25.3 Å². The normalized spacial score (nSPS) is 13.8. The van der Waals surface area contributed by atoms with Crippen molar-refractivity contribution < 1.29 is 22.7 Å². The molecule has 0 heterocycles. The summed E-state index contributed by atoms with van der Waals surface area (Å²) in [6, 6.07) is 11.0. The molecule has 0 aliphatic carbocycles. The minimum atomic E-state index is -4.51. The Balaban J connectivity index is 2.15. The largest absolute Gasteiger partial charge is 0.468 e.